The average Bonchev–Trinajstić information content (AvgIpc) is 2.62. The van der Waals surface area contributed by atoms with Crippen LogP contribution in [0.3, 0.4) is 0 Å². The molecule has 3 rings (SSSR count). The molecule has 1 atom stereocenters. The predicted octanol–water partition coefficient (Wildman–Crippen LogP) is 2.26. The number of thioether (sulfide) groups is 1. The topological polar surface area (TPSA) is 65.5 Å². The molecule has 0 spiro atoms. The number of hydrogen-bond donors (Lipinski definition) is 3. The molecule has 124 valence electrons. The highest BCUT2D eigenvalue weighted by atomic mass is 32.2. The lowest BCUT2D eigenvalue weighted by molar-refractivity contribution is -0.116. The fourth-order valence-electron chi connectivity index (χ4n) is 2.47. The molecular formula is C18H20N4OS. The van der Waals surface area contributed by atoms with Gasteiger partial charge in [-0.3, -0.25) is 15.5 Å². The third-order valence-electron chi connectivity index (χ3n) is 3.62. The van der Waals surface area contributed by atoms with Crippen molar-refractivity contribution in [2.24, 2.45) is 5.10 Å². The van der Waals surface area contributed by atoms with Crippen LogP contribution in [0.1, 0.15) is 18.1 Å². The molecule has 0 saturated carbocycles. The van der Waals surface area contributed by atoms with Crippen LogP contribution in [0.4, 0.5) is 0 Å². The molecule has 6 heteroatoms. The molecule has 0 saturated heterocycles. The van der Waals surface area contributed by atoms with Crippen molar-refractivity contribution in [3.8, 4) is 0 Å². The van der Waals surface area contributed by atoms with Gasteiger partial charge in [0.25, 0.3) is 5.91 Å². The standard InChI is InChI=1S/C18H20N4OS/c1-2-24-18(19-13-14-9-5-3-6-10-14)20-17(23)16(21-22-18)15-11-7-4-8-12-15/h3-12,19,22H,2,13H2,1H3,(H,20,23)/t18-/m1/s1. The lowest BCUT2D eigenvalue weighted by Gasteiger charge is -2.37. The van der Waals surface area contributed by atoms with E-state index in [0.717, 1.165) is 16.9 Å². The lowest BCUT2D eigenvalue weighted by atomic mass is 10.1. The van der Waals surface area contributed by atoms with Crippen molar-refractivity contribution >= 4 is 23.4 Å². The predicted molar refractivity (Wildman–Crippen MR) is 98.4 cm³/mol. The van der Waals surface area contributed by atoms with E-state index in [0.29, 0.717) is 12.3 Å². The van der Waals surface area contributed by atoms with Gasteiger partial charge in [0.05, 0.1) is 0 Å². The second kappa shape index (κ2) is 7.51. The first-order valence-electron chi connectivity index (χ1n) is 7.88. The first kappa shape index (κ1) is 16.5. The Morgan fingerprint density at radius 1 is 1.08 bits per heavy atom. The molecule has 0 radical (unpaired) electrons. The highest BCUT2D eigenvalue weighted by Crippen LogP contribution is 2.20. The summed E-state index contributed by atoms with van der Waals surface area (Å²) in [7, 11) is 0. The number of nitrogens with one attached hydrogen (secondary N) is 3. The first-order chi connectivity index (χ1) is 11.7. The monoisotopic (exact) mass is 340 g/mol. The smallest absolute Gasteiger partial charge is 0.275 e. The van der Waals surface area contributed by atoms with Gasteiger partial charge in [-0.05, 0) is 11.3 Å². The maximum Gasteiger partial charge on any atom is 0.275 e. The molecule has 5 nitrogen and oxygen atoms in total. The third-order valence-corrected chi connectivity index (χ3v) is 4.68. The van der Waals surface area contributed by atoms with Crippen molar-refractivity contribution in [2.45, 2.75) is 18.6 Å². The summed E-state index contributed by atoms with van der Waals surface area (Å²) in [5.74, 6) is 0.632. The molecule has 2 aromatic carbocycles. The number of carbonyl (C=O) groups excluding carboxylic acids is 1. The molecule has 1 heterocycles. The highest BCUT2D eigenvalue weighted by molar-refractivity contribution is 8.00. The molecule has 1 amide bonds. The Labute approximate surface area is 145 Å². The summed E-state index contributed by atoms with van der Waals surface area (Å²) in [6, 6.07) is 19.5. The Morgan fingerprint density at radius 3 is 2.38 bits per heavy atom. The largest absolute Gasteiger partial charge is 0.305 e. The average molecular weight is 340 g/mol. The molecule has 1 aliphatic rings. The van der Waals surface area contributed by atoms with Crippen LogP contribution in [-0.4, -0.2) is 22.5 Å². The zero-order chi connectivity index (χ0) is 16.8. The summed E-state index contributed by atoms with van der Waals surface area (Å²) in [6.07, 6.45) is 0. The van der Waals surface area contributed by atoms with Crippen LogP contribution >= 0.6 is 11.8 Å². The second-order valence-corrected chi connectivity index (χ2v) is 6.82. The Bertz CT molecular complexity index is 720. The summed E-state index contributed by atoms with van der Waals surface area (Å²) >= 11 is 1.56. The van der Waals surface area contributed by atoms with Gasteiger partial charge in [0.1, 0.15) is 0 Å². The van der Waals surface area contributed by atoms with Gasteiger partial charge < -0.3 is 5.32 Å². The van der Waals surface area contributed by atoms with E-state index in [1.54, 1.807) is 11.8 Å². The van der Waals surface area contributed by atoms with E-state index in [4.69, 9.17) is 0 Å². The molecule has 0 aliphatic carbocycles. The number of hydrogen-bond acceptors (Lipinski definition) is 5. The van der Waals surface area contributed by atoms with Gasteiger partial charge in [-0.25, -0.2) is 0 Å². The van der Waals surface area contributed by atoms with Gasteiger partial charge in [0.15, 0.2) is 5.71 Å². The van der Waals surface area contributed by atoms with Crippen molar-refractivity contribution < 1.29 is 4.79 Å². The van der Waals surface area contributed by atoms with E-state index in [1.807, 2.05) is 67.6 Å². The van der Waals surface area contributed by atoms with Crippen molar-refractivity contribution in [1.29, 1.82) is 0 Å². The van der Waals surface area contributed by atoms with Crippen LogP contribution in [0.5, 0.6) is 0 Å². The van der Waals surface area contributed by atoms with Crippen molar-refractivity contribution in [1.82, 2.24) is 16.1 Å². The molecule has 3 N–H and O–H groups in total. The Hall–Kier alpha value is -2.31. The molecule has 0 unspecified atom stereocenters. The van der Waals surface area contributed by atoms with E-state index in [9.17, 15) is 4.79 Å². The quantitative estimate of drug-likeness (QED) is 0.706. The van der Waals surface area contributed by atoms with Gasteiger partial charge in [-0.1, -0.05) is 79.3 Å². The van der Waals surface area contributed by atoms with E-state index in [-0.39, 0.29) is 5.91 Å². The molecule has 0 fully saturated rings. The van der Waals surface area contributed by atoms with Crippen LogP contribution in [0, 0.1) is 0 Å². The second-order valence-electron chi connectivity index (χ2n) is 5.35. The fourth-order valence-corrected chi connectivity index (χ4v) is 3.35. The zero-order valence-electron chi connectivity index (χ0n) is 13.5. The van der Waals surface area contributed by atoms with E-state index < -0.39 is 5.12 Å². The molecule has 0 bridgehead atoms. The molecule has 1 aliphatic heterocycles. The van der Waals surface area contributed by atoms with Crippen molar-refractivity contribution in [2.75, 3.05) is 5.75 Å². The zero-order valence-corrected chi connectivity index (χ0v) is 14.3. The van der Waals surface area contributed by atoms with Crippen LogP contribution in [-0.2, 0) is 11.3 Å². The molecule has 0 aromatic heterocycles. The minimum Gasteiger partial charge on any atom is -0.305 e. The van der Waals surface area contributed by atoms with Gasteiger partial charge in [-0.2, -0.15) is 5.10 Å². The fraction of sp³-hybridized carbons (Fsp3) is 0.222. The van der Waals surface area contributed by atoms with Gasteiger partial charge in [-0.15, -0.1) is 0 Å². The summed E-state index contributed by atoms with van der Waals surface area (Å²) in [4.78, 5) is 12.6. The molecule has 2 aromatic rings. The van der Waals surface area contributed by atoms with Gasteiger partial charge >= 0.3 is 0 Å². The van der Waals surface area contributed by atoms with Gasteiger partial charge in [0.2, 0.25) is 5.12 Å². The van der Waals surface area contributed by atoms with Crippen LogP contribution in [0.2, 0.25) is 0 Å². The van der Waals surface area contributed by atoms with E-state index in [1.165, 1.54) is 0 Å². The van der Waals surface area contributed by atoms with Crippen molar-refractivity contribution in [3.63, 3.8) is 0 Å². The Kier molecular flexibility index (Phi) is 5.17. The number of carbonyl (C=O) groups is 1. The number of rotatable bonds is 6. The normalized spacial score (nSPS) is 20.0. The van der Waals surface area contributed by atoms with Crippen LogP contribution < -0.4 is 16.1 Å². The Balaban J connectivity index is 1.77. The maximum atomic E-state index is 12.6. The van der Waals surface area contributed by atoms with E-state index >= 15 is 0 Å². The number of hydrazone groups is 1. The number of nitrogens with zero attached hydrogens (tertiary/aromatic N) is 1. The highest BCUT2D eigenvalue weighted by Gasteiger charge is 2.36. The SMILES string of the molecule is CCS[C@@]1(NCc2ccccc2)NN=C(c2ccccc2)C(=O)N1. The lowest BCUT2D eigenvalue weighted by Crippen LogP contribution is -2.67. The van der Waals surface area contributed by atoms with Crippen molar-refractivity contribution in [3.05, 3.63) is 71.8 Å². The minimum atomic E-state index is -0.806. The number of amides is 1. The molecule has 24 heavy (non-hydrogen) atoms. The molecular weight excluding hydrogens is 320 g/mol. The first-order valence-corrected chi connectivity index (χ1v) is 8.87. The van der Waals surface area contributed by atoms with E-state index in [2.05, 4.69) is 21.2 Å². The van der Waals surface area contributed by atoms with Crippen LogP contribution in [0.25, 0.3) is 0 Å². The maximum absolute atomic E-state index is 12.6. The summed E-state index contributed by atoms with van der Waals surface area (Å²) in [6.45, 7) is 2.66. The Morgan fingerprint density at radius 2 is 1.75 bits per heavy atom. The third kappa shape index (κ3) is 3.77. The van der Waals surface area contributed by atoms with Gasteiger partial charge in [0, 0.05) is 12.1 Å². The summed E-state index contributed by atoms with van der Waals surface area (Å²) in [5.41, 5.74) is 5.42. The summed E-state index contributed by atoms with van der Waals surface area (Å²) < 4.78 is 0. The van der Waals surface area contributed by atoms with Crippen LogP contribution in [0.15, 0.2) is 65.8 Å². The summed E-state index contributed by atoms with van der Waals surface area (Å²) in [5, 5.41) is 9.92. The minimum absolute atomic E-state index is 0.193. The number of benzene rings is 2.